The van der Waals surface area contributed by atoms with Crippen molar-refractivity contribution in [2.45, 2.75) is 6.10 Å². The van der Waals surface area contributed by atoms with E-state index < -0.39 is 0 Å². The number of benzene rings is 2. The lowest BCUT2D eigenvalue weighted by Crippen LogP contribution is -2.46. The second-order valence-electron chi connectivity index (χ2n) is 5.28. The zero-order valence-electron chi connectivity index (χ0n) is 11.8. The maximum atomic E-state index is 12.3. The molecule has 0 amide bonds. The highest BCUT2D eigenvalue weighted by Crippen LogP contribution is 2.33. The van der Waals surface area contributed by atoms with Crippen LogP contribution in [0.2, 0.25) is 10.0 Å². The molecule has 0 spiro atoms. The minimum absolute atomic E-state index is 0.241. The number of hydrogen-bond donors (Lipinski definition) is 1. The van der Waals surface area contributed by atoms with Crippen molar-refractivity contribution < 1.29 is 9.53 Å². The van der Waals surface area contributed by atoms with Gasteiger partial charge in [0.05, 0.1) is 15.6 Å². The maximum absolute atomic E-state index is 12.3. The lowest BCUT2D eigenvalue weighted by atomic mass is 9.91. The number of hydrogen-bond acceptors (Lipinski definition) is 3. The lowest BCUT2D eigenvalue weighted by molar-refractivity contribution is 0.00393. The summed E-state index contributed by atoms with van der Waals surface area (Å²) in [4.78, 5) is 12.3. The smallest absolute Gasteiger partial charge is 0.338 e. The lowest BCUT2D eigenvalue weighted by Gasteiger charge is -2.34. The molecule has 2 aromatic carbocycles. The van der Waals surface area contributed by atoms with E-state index in [1.54, 1.807) is 24.3 Å². The Morgan fingerprint density at radius 2 is 1.82 bits per heavy atom. The minimum Gasteiger partial charge on any atom is -0.453 e. The predicted molar refractivity (Wildman–Crippen MR) is 87.4 cm³/mol. The summed E-state index contributed by atoms with van der Waals surface area (Å²) in [7, 11) is 0. The van der Waals surface area contributed by atoms with Crippen LogP contribution in [0.5, 0.6) is 0 Å². The largest absolute Gasteiger partial charge is 0.453 e. The van der Waals surface area contributed by atoms with Crippen LogP contribution in [0.15, 0.2) is 48.5 Å². The molecular formula is C17H15Cl2NO2. The van der Waals surface area contributed by atoms with Crippen LogP contribution in [0, 0.1) is 5.92 Å². The van der Waals surface area contributed by atoms with Gasteiger partial charge in [0.2, 0.25) is 0 Å². The molecule has 1 aliphatic heterocycles. The van der Waals surface area contributed by atoms with Crippen LogP contribution in [0.4, 0.5) is 0 Å². The molecule has 0 aromatic heterocycles. The van der Waals surface area contributed by atoms with Crippen LogP contribution in [0.1, 0.15) is 22.0 Å². The number of nitrogens with one attached hydrogen (secondary N) is 1. The first-order valence-corrected chi connectivity index (χ1v) is 7.82. The highest BCUT2D eigenvalue weighted by atomic mass is 35.5. The van der Waals surface area contributed by atoms with Crippen molar-refractivity contribution in [1.82, 2.24) is 5.32 Å². The van der Waals surface area contributed by atoms with Gasteiger partial charge in [0.25, 0.3) is 0 Å². The Hall–Kier alpha value is -1.55. The summed E-state index contributed by atoms with van der Waals surface area (Å²) in [5.74, 6) is -0.0894. The average molecular weight is 336 g/mol. The number of esters is 1. The Kier molecular flexibility index (Phi) is 4.67. The molecule has 0 saturated carbocycles. The molecule has 114 valence electrons. The van der Waals surface area contributed by atoms with E-state index in [2.05, 4.69) is 5.32 Å². The first-order chi connectivity index (χ1) is 10.6. The molecule has 0 aliphatic carbocycles. The van der Waals surface area contributed by atoms with Gasteiger partial charge in [0.15, 0.2) is 0 Å². The van der Waals surface area contributed by atoms with E-state index >= 15 is 0 Å². The van der Waals surface area contributed by atoms with Gasteiger partial charge in [0.1, 0.15) is 6.10 Å². The molecule has 2 aromatic rings. The first kappa shape index (κ1) is 15.3. The maximum Gasteiger partial charge on any atom is 0.338 e. The Bertz CT molecular complexity index is 672. The van der Waals surface area contributed by atoms with Crippen molar-refractivity contribution in [3.63, 3.8) is 0 Å². The molecule has 0 bridgehead atoms. The van der Waals surface area contributed by atoms with E-state index in [4.69, 9.17) is 27.9 Å². The molecule has 0 unspecified atom stereocenters. The van der Waals surface area contributed by atoms with Crippen molar-refractivity contribution in [2.75, 3.05) is 13.1 Å². The van der Waals surface area contributed by atoms with Gasteiger partial charge in [-0.25, -0.2) is 4.79 Å². The van der Waals surface area contributed by atoms with Gasteiger partial charge in [-0.2, -0.15) is 0 Å². The molecule has 1 atom stereocenters. The summed E-state index contributed by atoms with van der Waals surface area (Å²) in [6.07, 6.45) is -0.330. The molecule has 1 saturated heterocycles. The van der Waals surface area contributed by atoms with Crippen molar-refractivity contribution in [2.24, 2.45) is 5.92 Å². The molecule has 1 N–H and O–H groups in total. The Labute approximate surface area is 139 Å². The number of halogens is 2. The van der Waals surface area contributed by atoms with E-state index in [1.807, 2.05) is 24.3 Å². The fraction of sp³-hybridized carbons (Fsp3) is 0.235. The number of ether oxygens (including phenoxy) is 1. The standard InChI is InChI=1S/C17H15Cl2NO2/c18-14-7-6-12(8-15(14)19)16(13-9-20-10-13)22-17(21)11-4-2-1-3-5-11/h1-8,13,16,20H,9-10H2/t16-/m1/s1. The predicted octanol–water partition coefficient (Wildman–Crippen LogP) is 4.11. The molecule has 1 heterocycles. The van der Waals surface area contributed by atoms with Crippen molar-refractivity contribution >= 4 is 29.2 Å². The Balaban J connectivity index is 1.84. The summed E-state index contributed by atoms with van der Waals surface area (Å²) >= 11 is 12.1. The number of carbonyl (C=O) groups is 1. The van der Waals surface area contributed by atoms with Gasteiger partial charge in [-0.3, -0.25) is 0 Å². The van der Waals surface area contributed by atoms with Crippen molar-refractivity contribution in [3.8, 4) is 0 Å². The molecule has 3 nitrogen and oxygen atoms in total. The van der Waals surface area contributed by atoms with Gasteiger partial charge in [0, 0.05) is 19.0 Å². The van der Waals surface area contributed by atoms with Crippen LogP contribution in [0.3, 0.4) is 0 Å². The van der Waals surface area contributed by atoms with Crippen LogP contribution in [0.25, 0.3) is 0 Å². The van der Waals surface area contributed by atoms with Gasteiger partial charge in [-0.15, -0.1) is 0 Å². The van der Waals surface area contributed by atoms with E-state index in [9.17, 15) is 4.79 Å². The fourth-order valence-electron chi connectivity index (χ4n) is 2.41. The van der Waals surface area contributed by atoms with Crippen molar-refractivity contribution in [1.29, 1.82) is 0 Å². The van der Waals surface area contributed by atoms with Gasteiger partial charge < -0.3 is 10.1 Å². The topological polar surface area (TPSA) is 38.3 Å². The van der Waals surface area contributed by atoms with Crippen LogP contribution in [-0.4, -0.2) is 19.1 Å². The molecule has 1 fully saturated rings. The second kappa shape index (κ2) is 6.69. The number of carbonyl (C=O) groups excluding carboxylic acids is 1. The Morgan fingerprint density at radius 1 is 1.09 bits per heavy atom. The molecule has 1 aliphatic rings. The van der Waals surface area contributed by atoms with E-state index in [-0.39, 0.29) is 18.0 Å². The summed E-state index contributed by atoms with van der Waals surface area (Å²) in [5.41, 5.74) is 1.41. The van der Waals surface area contributed by atoms with Crippen LogP contribution >= 0.6 is 23.2 Å². The quantitative estimate of drug-likeness (QED) is 0.854. The summed E-state index contributed by atoms with van der Waals surface area (Å²) in [6, 6.07) is 14.3. The molecule has 22 heavy (non-hydrogen) atoms. The zero-order valence-corrected chi connectivity index (χ0v) is 13.3. The zero-order chi connectivity index (χ0) is 15.5. The SMILES string of the molecule is O=C(O[C@H](c1ccc(Cl)c(Cl)c1)C1CNC1)c1ccccc1. The molecule has 3 rings (SSSR count). The van der Waals surface area contributed by atoms with Gasteiger partial charge in [-0.1, -0.05) is 47.5 Å². The highest BCUT2D eigenvalue weighted by molar-refractivity contribution is 6.42. The molecular weight excluding hydrogens is 321 g/mol. The van der Waals surface area contributed by atoms with E-state index in [1.165, 1.54) is 0 Å². The van der Waals surface area contributed by atoms with E-state index in [0.29, 0.717) is 15.6 Å². The average Bonchev–Trinajstić information content (AvgIpc) is 2.48. The molecule has 5 heteroatoms. The van der Waals surface area contributed by atoms with Crippen molar-refractivity contribution in [3.05, 3.63) is 69.7 Å². The van der Waals surface area contributed by atoms with Gasteiger partial charge >= 0.3 is 5.97 Å². The highest BCUT2D eigenvalue weighted by Gasteiger charge is 2.32. The molecule has 0 radical (unpaired) electrons. The minimum atomic E-state index is -0.330. The van der Waals surface area contributed by atoms with Gasteiger partial charge in [-0.05, 0) is 29.8 Å². The van der Waals surface area contributed by atoms with E-state index in [0.717, 1.165) is 18.7 Å². The second-order valence-corrected chi connectivity index (χ2v) is 6.10. The monoisotopic (exact) mass is 335 g/mol. The first-order valence-electron chi connectivity index (χ1n) is 7.07. The summed E-state index contributed by atoms with van der Waals surface area (Å²) in [6.45, 7) is 1.62. The Morgan fingerprint density at radius 3 is 2.41 bits per heavy atom. The fourth-order valence-corrected chi connectivity index (χ4v) is 2.71. The third-order valence-electron chi connectivity index (χ3n) is 3.76. The van der Waals surface area contributed by atoms with Crippen LogP contribution in [-0.2, 0) is 4.74 Å². The number of rotatable bonds is 4. The summed E-state index contributed by atoms with van der Waals surface area (Å²) in [5, 5.41) is 4.16. The third-order valence-corrected chi connectivity index (χ3v) is 4.50. The normalized spacial score (nSPS) is 15.9. The third kappa shape index (κ3) is 3.27. The summed E-state index contributed by atoms with van der Waals surface area (Å²) < 4.78 is 5.74. The van der Waals surface area contributed by atoms with Crippen LogP contribution < -0.4 is 5.32 Å².